The van der Waals surface area contributed by atoms with Crippen LogP contribution in [-0.2, 0) is 10.0 Å². The number of nitrogens with zero attached hydrogens (tertiary/aromatic N) is 1. The first-order chi connectivity index (χ1) is 9.50. The highest BCUT2D eigenvalue weighted by molar-refractivity contribution is 7.90. The lowest BCUT2D eigenvalue weighted by molar-refractivity contribution is 0.264. The number of fused-ring (bicyclic) bond motifs is 1. The maximum atomic E-state index is 12.2. The quantitative estimate of drug-likeness (QED) is 0.753. The third-order valence-corrected chi connectivity index (χ3v) is 4.33. The van der Waals surface area contributed by atoms with Crippen LogP contribution in [0, 0.1) is 0 Å². The van der Waals surface area contributed by atoms with Gasteiger partial charge in [0, 0.05) is 6.07 Å². The summed E-state index contributed by atoms with van der Waals surface area (Å²) < 4.78 is 31.7. The second kappa shape index (κ2) is 5.68. The lowest BCUT2D eigenvalue weighted by Gasteiger charge is -2.23. The van der Waals surface area contributed by atoms with Gasteiger partial charge in [-0.05, 0) is 18.6 Å². The SMILES string of the molecule is CCC(CO)N=C1Nc2ccc(OC)cc2S(=O)(=O)N1. The van der Waals surface area contributed by atoms with E-state index in [0.29, 0.717) is 17.9 Å². The number of rotatable bonds is 4. The second-order valence-electron chi connectivity index (χ2n) is 4.31. The van der Waals surface area contributed by atoms with E-state index in [4.69, 9.17) is 9.84 Å². The first-order valence-electron chi connectivity index (χ1n) is 6.16. The Balaban J connectivity index is 2.41. The first-order valence-corrected chi connectivity index (χ1v) is 7.65. The van der Waals surface area contributed by atoms with Crippen molar-refractivity contribution < 1.29 is 18.3 Å². The monoisotopic (exact) mass is 299 g/mol. The molecule has 0 saturated heterocycles. The number of methoxy groups -OCH3 is 1. The van der Waals surface area contributed by atoms with Gasteiger partial charge in [0.25, 0.3) is 10.0 Å². The lowest BCUT2D eigenvalue weighted by atomic mass is 10.2. The summed E-state index contributed by atoms with van der Waals surface area (Å²) >= 11 is 0. The maximum absolute atomic E-state index is 12.2. The zero-order valence-electron chi connectivity index (χ0n) is 11.3. The zero-order valence-corrected chi connectivity index (χ0v) is 12.1. The van der Waals surface area contributed by atoms with E-state index in [1.807, 2.05) is 6.92 Å². The molecule has 0 radical (unpaired) electrons. The lowest BCUT2D eigenvalue weighted by Crippen LogP contribution is -2.41. The van der Waals surface area contributed by atoms with E-state index in [1.54, 1.807) is 12.1 Å². The first kappa shape index (κ1) is 14.6. The number of guanidine groups is 1. The molecule has 0 saturated carbocycles. The van der Waals surface area contributed by atoms with Gasteiger partial charge >= 0.3 is 0 Å². The molecule has 0 bridgehead atoms. The molecule has 0 amide bonds. The van der Waals surface area contributed by atoms with Crippen LogP contribution in [0.15, 0.2) is 28.1 Å². The third-order valence-electron chi connectivity index (χ3n) is 2.96. The van der Waals surface area contributed by atoms with E-state index in [2.05, 4.69) is 15.0 Å². The van der Waals surface area contributed by atoms with Crippen molar-refractivity contribution in [2.75, 3.05) is 19.0 Å². The molecule has 0 fully saturated rings. The summed E-state index contributed by atoms with van der Waals surface area (Å²) in [7, 11) is -2.22. The molecule has 1 aromatic rings. The Bertz CT molecular complexity index is 624. The molecule has 0 aliphatic carbocycles. The number of anilines is 1. The Morgan fingerprint density at radius 1 is 1.45 bits per heavy atom. The molecule has 1 aliphatic rings. The minimum Gasteiger partial charge on any atom is -0.497 e. The van der Waals surface area contributed by atoms with Gasteiger partial charge < -0.3 is 15.2 Å². The molecule has 1 atom stereocenters. The highest BCUT2D eigenvalue weighted by Gasteiger charge is 2.27. The van der Waals surface area contributed by atoms with Crippen LogP contribution in [0.5, 0.6) is 5.75 Å². The molecule has 1 unspecified atom stereocenters. The van der Waals surface area contributed by atoms with Crippen LogP contribution in [0.1, 0.15) is 13.3 Å². The number of ether oxygens (including phenoxy) is 1. The van der Waals surface area contributed by atoms with Crippen LogP contribution in [0.2, 0.25) is 0 Å². The van der Waals surface area contributed by atoms with Gasteiger partial charge in [0.05, 0.1) is 25.4 Å². The van der Waals surface area contributed by atoms with Gasteiger partial charge in [0.1, 0.15) is 10.6 Å². The maximum Gasteiger partial charge on any atom is 0.266 e. The third kappa shape index (κ3) is 2.86. The highest BCUT2D eigenvalue weighted by Crippen LogP contribution is 2.28. The fourth-order valence-electron chi connectivity index (χ4n) is 1.79. The molecule has 0 aromatic heterocycles. The van der Waals surface area contributed by atoms with E-state index in [9.17, 15) is 8.42 Å². The van der Waals surface area contributed by atoms with Crippen LogP contribution in [0.25, 0.3) is 0 Å². The van der Waals surface area contributed by atoms with E-state index in [-0.39, 0.29) is 23.5 Å². The Morgan fingerprint density at radius 2 is 2.20 bits per heavy atom. The number of aliphatic imine (C=N–C) groups is 1. The molecule has 8 heteroatoms. The van der Waals surface area contributed by atoms with Gasteiger partial charge in [-0.3, -0.25) is 0 Å². The largest absolute Gasteiger partial charge is 0.497 e. The molecule has 20 heavy (non-hydrogen) atoms. The van der Waals surface area contributed by atoms with Crippen molar-refractivity contribution in [3.63, 3.8) is 0 Å². The van der Waals surface area contributed by atoms with Gasteiger partial charge in [0.15, 0.2) is 0 Å². The van der Waals surface area contributed by atoms with Crippen molar-refractivity contribution >= 4 is 21.7 Å². The molecule has 2 rings (SSSR count). The molecule has 7 nitrogen and oxygen atoms in total. The number of hydrogen-bond donors (Lipinski definition) is 3. The Morgan fingerprint density at radius 3 is 2.80 bits per heavy atom. The molecular weight excluding hydrogens is 282 g/mol. The zero-order chi connectivity index (χ0) is 14.8. The highest BCUT2D eigenvalue weighted by atomic mass is 32.2. The van der Waals surface area contributed by atoms with Crippen LogP contribution < -0.4 is 14.8 Å². The standard InChI is InChI=1S/C12H17N3O4S/c1-3-8(7-16)13-12-14-10-5-4-9(19-2)6-11(10)20(17,18)15-12/h4-6,8,16H,3,7H2,1-2H3,(H2,13,14,15). The van der Waals surface area contributed by atoms with Gasteiger partial charge in [-0.1, -0.05) is 6.92 Å². The van der Waals surface area contributed by atoms with Gasteiger partial charge in [-0.2, -0.15) is 0 Å². The summed E-state index contributed by atoms with van der Waals surface area (Å²) in [5.41, 5.74) is 0.427. The van der Waals surface area contributed by atoms with Crippen molar-refractivity contribution in [1.82, 2.24) is 4.72 Å². The van der Waals surface area contributed by atoms with E-state index >= 15 is 0 Å². The van der Waals surface area contributed by atoms with E-state index in [1.165, 1.54) is 13.2 Å². The number of aliphatic hydroxyl groups is 1. The van der Waals surface area contributed by atoms with E-state index in [0.717, 1.165) is 0 Å². The minimum atomic E-state index is -3.69. The average molecular weight is 299 g/mol. The molecule has 0 spiro atoms. The van der Waals surface area contributed by atoms with Crippen molar-refractivity contribution in [2.45, 2.75) is 24.3 Å². The summed E-state index contributed by atoms with van der Waals surface area (Å²) in [6.45, 7) is 1.72. The van der Waals surface area contributed by atoms with Crippen LogP contribution in [-0.4, -0.2) is 39.2 Å². The predicted molar refractivity (Wildman–Crippen MR) is 75.5 cm³/mol. The van der Waals surface area contributed by atoms with Gasteiger partial charge in [-0.15, -0.1) is 0 Å². The molecule has 110 valence electrons. The number of benzene rings is 1. The fourth-order valence-corrected chi connectivity index (χ4v) is 2.94. The van der Waals surface area contributed by atoms with Crippen LogP contribution >= 0.6 is 0 Å². The summed E-state index contributed by atoms with van der Waals surface area (Å²) in [6, 6.07) is 4.36. The summed E-state index contributed by atoms with van der Waals surface area (Å²) in [5, 5.41) is 12.0. The molecular formula is C12H17N3O4S. The number of aliphatic hydroxyl groups excluding tert-OH is 1. The van der Waals surface area contributed by atoms with E-state index < -0.39 is 10.0 Å². The summed E-state index contributed by atoms with van der Waals surface area (Å²) in [5.74, 6) is 0.571. The Kier molecular flexibility index (Phi) is 4.15. The molecule has 1 aliphatic heterocycles. The fraction of sp³-hybridized carbons (Fsp3) is 0.417. The molecule has 1 heterocycles. The summed E-state index contributed by atoms with van der Waals surface area (Å²) in [6.07, 6.45) is 0.610. The van der Waals surface area contributed by atoms with Crippen molar-refractivity contribution in [3.05, 3.63) is 18.2 Å². The predicted octanol–water partition coefficient (Wildman–Crippen LogP) is 0.526. The Labute approximate surface area is 117 Å². The van der Waals surface area contributed by atoms with Crippen molar-refractivity contribution in [1.29, 1.82) is 0 Å². The number of nitrogens with one attached hydrogen (secondary N) is 2. The van der Waals surface area contributed by atoms with Gasteiger partial charge in [0.2, 0.25) is 5.96 Å². The van der Waals surface area contributed by atoms with Crippen LogP contribution in [0.4, 0.5) is 5.69 Å². The van der Waals surface area contributed by atoms with Crippen LogP contribution in [0.3, 0.4) is 0 Å². The second-order valence-corrected chi connectivity index (χ2v) is 5.97. The van der Waals surface area contributed by atoms with Gasteiger partial charge in [-0.25, -0.2) is 18.1 Å². The average Bonchev–Trinajstić information content (AvgIpc) is 2.43. The smallest absolute Gasteiger partial charge is 0.266 e. The molecule has 1 aromatic carbocycles. The number of hydrogen-bond acceptors (Lipinski definition) is 5. The Hall–Kier alpha value is -1.80. The molecule has 3 N–H and O–H groups in total. The topological polar surface area (TPSA) is 100 Å². The minimum absolute atomic E-state index is 0.104. The number of sulfonamides is 1. The van der Waals surface area contributed by atoms with Crippen molar-refractivity contribution in [2.24, 2.45) is 4.99 Å². The van der Waals surface area contributed by atoms with Crippen molar-refractivity contribution in [3.8, 4) is 5.75 Å². The normalized spacial score (nSPS) is 19.6. The summed E-state index contributed by atoms with van der Waals surface area (Å²) in [4.78, 5) is 4.25.